The SMILES string of the molecule is C=C1CC(O)CC(C)O1. The maximum Gasteiger partial charge on any atom is 0.0979 e. The predicted molar refractivity (Wildman–Crippen MR) is 34.9 cm³/mol. The van der Waals surface area contributed by atoms with Gasteiger partial charge in [0.25, 0.3) is 0 Å². The molecule has 2 unspecified atom stereocenters. The summed E-state index contributed by atoms with van der Waals surface area (Å²) < 4.78 is 5.20. The molecule has 0 aliphatic carbocycles. The fraction of sp³-hybridized carbons (Fsp3) is 0.714. The standard InChI is InChI=1S/C7H12O2/c1-5-3-7(8)4-6(2)9-5/h6-8H,1,3-4H2,2H3. The monoisotopic (exact) mass is 128 g/mol. The molecule has 2 atom stereocenters. The number of rotatable bonds is 0. The maximum absolute atomic E-state index is 9.11. The Morgan fingerprint density at radius 2 is 2.44 bits per heavy atom. The van der Waals surface area contributed by atoms with E-state index < -0.39 is 0 Å². The van der Waals surface area contributed by atoms with Gasteiger partial charge in [-0.3, -0.25) is 0 Å². The van der Waals surface area contributed by atoms with E-state index in [9.17, 15) is 0 Å². The van der Waals surface area contributed by atoms with Crippen molar-refractivity contribution in [2.75, 3.05) is 0 Å². The molecule has 0 aromatic carbocycles. The molecule has 1 fully saturated rings. The molecule has 1 aliphatic rings. The van der Waals surface area contributed by atoms with Crippen molar-refractivity contribution in [2.24, 2.45) is 0 Å². The van der Waals surface area contributed by atoms with Crippen molar-refractivity contribution < 1.29 is 9.84 Å². The zero-order chi connectivity index (χ0) is 6.85. The van der Waals surface area contributed by atoms with Gasteiger partial charge in [-0.25, -0.2) is 0 Å². The first-order valence-corrected chi connectivity index (χ1v) is 3.21. The van der Waals surface area contributed by atoms with Crippen LogP contribution in [0.1, 0.15) is 19.8 Å². The summed E-state index contributed by atoms with van der Waals surface area (Å²) in [6.45, 7) is 5.57. The van der Waals surface area contributed by atoms with Gasteiger partial charge in [0, 0.05) is 12.8 Å². The summed E-state index contributed by atoms with van der Waals surface area (Å²) in [5.74, 6) is 0.709. The van der Waals surface area contributed by atoms with Crippen LogP contribution in [0.25, 0.3) is 0 Å². The quantitative estimate of drug-likeness (QED) is 0.528. The Bertz CT molecular complexity index is 108. The van der Waals surface area contributed by atoms with Crippen LogP contribution in [0, 0.1) is 0 Å². The molecular formula is C7H12O2. The highest BCUT2D eigenvalue weighted by Gasteiger charge is 2.19. The molecule has 1 rings (SSSR count). The molecule has 2 nitrogen and oxygen atoms in total. The van der Waals surface area contributed by atoms with Crippen molar-refractivity contribution in [1.82, 2.24) is 0 Å². The Balaban J connectivity index is 2.43. The van der Waals surface area contributed by atoms with Gasteiger partial charge in [0.15, 0.2) is 0 Å². The molecule has 1 saturated heterocycles. The molecule has 1 heterocycles. The molecular weight excluding hydrogens is 116 g/mol. The fourth-order valence-corrected chi connectivity index (χ4v) is 1.11. The van der Waals surface area contributed by atoms with Gasteiger partial charge in [0.1, 0.15) is 0 Å². The third-order valence-electron chi connectivity index (χ3n) is 1.44. The lowest BCUT2D eigenvalue weighted by Crippen LogP contribution is -2.24. The third-order valence-corrected chi connectivity index (χ3v) is 1.44. The summed E-state index contributed by atoms with van der Waals surface area (Å²) in [4.78, 5) is 0. The molecule has 1 N–H and O–H groups in total. The van der Waals surface area contributed by atoms with Gasteiger partial charge in [0.05, 0.1) is 18.0 Å². The lowest BCUT2D eigenvalue weighted by Gasteiger charge is -2.25. The van der Waals surface area contributed by atoms with Crippen LogP contribution in [0.4, 0.5) is 0 Å². The number of hydrogen-bond donors (Lipinski definition) is 1. The molecule has 0 amide bonds. The van der Waals surface area contributed by atoms with Gasteiger partial charge in [-0.2, -0.15) is 0 Å². The van der Waals surface area contributed by atoms with E-state index in [1.54, 1.807) is 0 Å². The van der Waals surface area contributed by atoms with Crippen LogP contribution in [0.15, 0.2) is 12.3 Å². The number of aliphatic hydroxyl groups excluding tert-OH is 1. The number of hydrogen-bond acceptors (Lipinski definition) is 2. The summed E-state index contributed by atoms with van der Waals surface area (Å²) in [6.07, 6.45) is 1.24. The summed E-state index contributed by atoms with van der Waals surface area (Å²) in [7, 11) is 0. The van der Waals surface area contributed by atoms with E-state index >= 15 is 0 Å². The van der Waals surface area contributed by atoms with Gasteiger partial charge in [-0.1, -0.05) is 6.58 Å². The largest absolute Gasteiger partial charge is 0.495 e. The molecule has 0 spiro atoms. The molecule has 0 aromatic rings. The van der Waals surface area contributed by atoms with Crippen LogP contribution < -0.4 is 0 Å². The van der Waals surface area contributed by atoms with Crippen LogP contribution >= 0.6 is 0 Å². The third kappa shape index (κ3) is 1.72. The molecule has 9 heavy (non-hydrogen) atoms. The summed E-state index contributed by atoms with van der Waals surface area (Å²) in [6, 6.07) is 0. The van der Waals surface area contributed by atoms with Crippen LogP contribution in [0.3, 0.4) is 0 Å². The van der Waals surface area contributed by atoms with Crippen molar-refractivity contribution in [3.05, 3.63) is 12.3 Å². The molecule has 0 aromatic heterocycles. The Morgan fingerprint density at radius 3 is 2.89 bits per heavy atom. The van der Waals surface area contributed by atoms with Crippen molar-refractivity contribution in [3.8, 4) is 0 Å². The topological polar surface area (TPSA) is 29.5 Å². The number of ether oxygens (including phenoxy) is 1. The Hall–Kier alpha value is -0.500. The molecule has 0 radical (unpaired) electrons. The van der Waals surface area contributed by atoms with E-state index in [1.165, 1.54) is 0 Å². The minimum absolute atomic E-state index is 0.140. The average molecular weight is 128 g/mol. The van der Waals surface area contributed by atoms with E-state index in [0.29, 0.717) is 12.2 Å². The lowest BCUT2D eigenvalue weighted by molar-refractivity contribution is 0.0116. The molecule has 2 heteroatoms. The van der Waals surface area contributed by atoms with Crippen LogP contribution in [0.2, 0.25) is 0 Å². The van der Waals surface area contributed by atoms with Gasteiger partial charge >= 0.3 is 0 Å². The fourth-order valence-electron chi connectivity index (χ4n) is 1.11. The lowest BCUT2D eigenvalue weighted by atomic mass is 10.1. The Morgan fingerprint density at radius 1 is 1.78 bits per heavy atom. The summed E-state index contributed by atoms with van der Waals surface area (Å²) in [5.41, 5.74) is 0. The first-order valence-electron chi connectivity index (χ1n) is 3.21. The van der Waals surface area contributed by atoms with Gasteiger partial charge < -0.3 is 9.84 Å². The van der Waals surface area contributed by atoms with Crippen molar-refractivity contribution in [2.45, 2.75) is 32.0 Å². The van der Waals surface area contributed by atoms with Gasteiger partial charge in [-0.05, 0) is 6.92 Å². The smallest absolute Gasteiger partial charge is 0.0979 e. The zero-order valence-electron chi connectivity index (χ0n) is 5.63. The van der Waals surface area contributed by atoms with Crippen LogP contribution in [-0.2, 0) is 4.74 Å². The minimum Gasteiger partial charge on any atom is -0.495 e. The number of aliphatic hydroxyl groups is 1. The summed E-state index contributed by atoms with van der Waals surface area (Å²) in [5, 5.41) is 9.11. The second kappa shape index (κ2) is 2.40. The molecule has 1 aliphatic heterocycles. The van der Waals surface area contributed by atoms with E-state index in [2.05, 4.69) is 6.58 Å². The molecule has 0 saturated carbocycles. The molecule has 52 valence electrons. The van der Waals surface area contributed by atoms with Crippen molar-refractivity contribution >= 4 is 0 Å². The first-order chi connectivity index (χ1) is 4.18. The average Bonchev–Trinajstić information content (AvgIpc) is 1.59. The highest BCUT2D eigenvalue weighted by atomic mass is 16.5. The Kier molecular flexibility index (Phi) is 1.76. The predicted octanol–water partition coefficient (Wildman–Crippen LogP) is 1.06. The first kappa shape index (κ1) is 6.62. The highest BCUT2D eigenvalue weighted by Crippen LogP contribution is 2.19. The second-order valence-corrected chi connectivity index (χ2v) is 2.56. The van der Waals surface area contributed by atoms with Crippen LogP contribution in [-0.4, -0.2) is 17.3 Å². The second-order valence-electron chi connectivity index (χ2n) is 2.56. The van der Waals surface area contributed by atoms with Gasteiger partial charge in [-0.15, -0.1) is 0 Å². The minimum atomic E-state index is -0.235. The van der Waals surface area contributed by atoms with E-state index in [4.69, 9.17) is 9.84 Å². The Labute approximate surface area is 55.1 Å². The van der Waals surface area contributed by atoms with Crippen molar-refractivity contribution in [3.63, 3.8) is 0 Å². The van der Waals surface area contributed by atoms with E-state index in [1.807, 2.05) is 6.92 Å². The maximum atomic E-state index is 9.11. The van der Waals surface area contributed by atoms with Gasteiger partial charge in [0.2, 0.25) is 0 Å². The van der Waals surface area contributed by atoms with E-state index in [0.717, 1.165) is 6.42 Å². The van der Waals surface area contributed by atoms with E-state index in [-0.39, 0.29) is 12.2 Å². The highest BCUT2D eigenvalue weighted by molar-refractivity contribution is 4.91. The zero-order valence-corrected chi connectivity index (χ0v) is 5.63. The van der Waals surface area contributed by atoms with Crippen molar-refractivity contribution in [1.29, 1.82) is 0 Å². The molecule has 0 bridgehead atoms. The normalized spacial score (nSPS) is 36.0. The van der Waals surface area contributed by atoms with Crippen LogP contribution in [0.5, 0.6) is 0 Å². The summed E-state index contributed by atoms with van der Waals surface area (Å²) >= 11 is 0.